The van der Waals surface area contributed by atoms with Crippen LogP contribution in [0.2, 0.25) is 10.0 Å². The summed E-state index contributed by atoms with van der Waals surface area (Å²) >= 11 is 11.7. The van der Waals surface area contributed by atoms with Gasteiger partial charge in [-0.3, -0.25) is 14.9 Å². The minimum Gasteiger partial charge on any atom is -0.497 e. The van der Waals surface area contributed by atoms with Crippen LogP contribution in [0.4, 0.5) is 5.69 Å². The Labute approximate surface area is 174 Å². The standard InChI is InChI=1S/C19H13Cl2N3O5/c1-28-12-3-5-14(17(9-12)24(26)27)18-7-4-13(29-18)10-22-23-19(25)11-2-6-15(20)16(21)8-11/h2-10H,1H3,(H,23,25). The second-order valence-electron chi connectivity index (χ2n) is 5.67. The van der Waals surface area contributed by atoms with Gasteiger partial charge in [0.25, 0.3) is 11.6 Å². The zero-order valence-corrected chi connectivity index (χ0v) is 16.4. The van der Waals surface area contributed by atoms with Crippen molar-refractivity contribution in [3.05, 3.63) is 80.0 Å². The van der Waals surface area contributed by atoms with Crippen LogP contribution in [-0.4, -0.2) is 24.2 Å². The highest BCUT2D eigenvalue weighted by molar-refractivity contribution is 6.42. The lowest BCUT2D eigenvalue weighted by atomic mass is 10.1. The molecule has 2 aromatic carbocycles. The van der Waals surface area contributed by atoms with E-state index < -0.39 is 10.8 Å². The summed E-state index contributed by atoms with van der Waals surface area (Å²) in [4.78, 5) is 22.9. The van der Waals surface area contributed by atoms with Crippen molar-refractivity contribution in [2.45, 2.75) is 0 Å². The van der Waals surface area contributed by atoms with E-state index in [0.717, 1.165) is 0 Å². The lowest BCUT2D eigenvalue weighted by Gasteiger charge is -2.03. The average molecular weight is 434 g/mol. The lowest BCUT2D eigenvalue weighted by molar-refractivity contribution is -0.384. The number of ether oxygens (including phenoxy) is 1. The van der Waals surface area contributed by atoms with E-state index in [1.807, 2.05) is 0 Å². The Kier molecular flexibility index (Phi) is 6.16. The SMILES string of the molecule is COc1ccc(-c2ccc(C=NNC(=O)c3ccc(Cl)c(Cl)c3)o2)c([N+](=O)[O-])c1. The maximum Gasteiger partial charge on any atom is 0.284 e. The maximum absolute atomic E-state index is 12.1. The molecule has 0 saturated heterocycles. The first kappa shape index (κ1) is 20.4. The van der Waals surface area contributed by atoms with Crippen LogP contribution in [0.15, 0.2) is 58.0 Å². The molecule has 3 rings (SSSR count). The van der Waals surface area contributed by atoms with E-state index in [4.69, 9.17) is 32.4 Å². The topological polar surface area (TPSA) is 107 Å². The molecule has 10 heteroatoms. The van der Waals surface area contributed by atoms with E-state index in [2.05, 4.69) is 10.5 Å². The van der Waals surface area contributed by atoms with Crippen LogP contribution < -0.4 is 10.2 Å². The number of nitro benzene ring substituents is 1. The van der Waals surface area contributed by atoms with Crippen molar-refractivity contribution in [3.8, 4) is 17.1 Å². The fraction of sp³-hybridized carbons (Fsp3) is 0.0526. The first-order valence-electron chi connectivity index (χ1n) is 8.10. The molecular weight excluding hydrogens is 421 g/mol. The first-order valence-corrected chi connectivity index (χ1v) is 8.85. The maximum atomic E-state index is 12.1. The van der Waals surface area contributed by atoms with Crippen molar-refractivity contribution in [1.82, 2.24) is 5.43 Å². The predicted molar refractivity (Wildman–Crippen MR) is 109 cm³/mol. The number of nitro groups is 1. The van der Waals surface area contributed by atoms with Crippen LogP contribution >= 0.6 is 23.2 Å². The number of furan rings is 1. The molecule has 1 N–H and O–H groups in total. The van der Waals surface area contributed by atoms with Gasteiger partial charge in [-0.2, -0.15) is 5.10 Å². The van der Waals surface area contributed by atoms with E-state index in [1.54, 1.807) is 18.2 Å². The molecule has 0 radical (unpaired) electrons. The molecule has 29 heavy (non-hydrogen) atoms. The van der Waals surface area contributed by atoms with Gasteiger partial charge in [-0.1, -0.05) is 23.2 Å². The van der Waals surface area contributed by atoms with E-state index in [1.165, 1.54) is 43.7 Å². The fourth-order valence-corrected chi connectivity index (χ4v) is 2.72. The molecule has 0 unspecified atom stereocenters. The summed E-state index contributed by atoms with van der Waals surface area (Å²) < 4.78 is 10.6. The molecular formula is C19H13Cl2N3O5. The second-order valence-corrected chi connectivity index (χ2v) is 6.48. The summed E-state index contributed by atoms with van der Waals surface area (Å²) in [6.07, 6.45) is 1.27. The molecule has 0 aliphatic rings. The number of methoxy groups -OCH3 is 1. The Balaban J connectivity index is 1.74. The Bertz CT molecular complexity index is 1110. The van der Waals surface area contributed by atoms with Gasteiger partial charge < -0.3 is 9.15 Å². The summed E-state index contributed by atoms with van der Waals surface area (Å²) in [5.74, 6) is 0.437. The Morgan fingerprint density at radius 3 is 2.66 bits per heavy atom. The van der Waals surface area contributed by atoms with Crippen molar-refractivity contribution >= 4 is 41.0 Å². The molecule has 0 saturated carbocycles. The van der Waals surface area contributed by atoms with Gasteiger partial charge in [-0.25, -0.2) is 5.43 Å². The highest BCUT2D eigenvalue weighted by Gasteiger charge is 2.19. The molecule has 0 bridgehead atoms. The van der Waals surface area contributed by atoms with Gasteiger partial charge in [-0.05, 0) is 42.5 Å². The van der Waals surface area contributed by atoms with Crippen LogP contribution in [0.3, 0.4) is 0 Å². The number of nitrogens with zero attached hydrogens (tertiary/aromatic N) is 2. The van der Waals surface area contributed by atoms with Crippen LogP contribution in [0, 0.1) is 10.1 Å². The third-order valence-corrected chi connectivity index (χ3v) is 4.57. The third-order valence-electron chi connectivity index (χ3n) is 3.83. The predicted octanol–water partition coefficient (Wildman–Crippen LogP) is 4.93. The number of amides is 1. The number of nitrogens with one attached hydrogen (secondary N) is 1. The molecule has 1 heterocycles. The Morgan fingerprint density at radius 1 is 1.17 bits per heavy atom. The van der Waals surface area contributed by atoms with Gasteiger partial charge in [0, 0.05) is 5.56 Å². The van der Waals surface area contributed by atoms with Crippen molar-refractivity contribution in [3.63, 3.8) is 0 Å². The van der Waals surface area contributed by atoms with E-state index >= 15 is 0 Å². The number of carbonyl (C=O) groups excluding carboxylic acids is 1. The van der Waals surface area contributed by atoms with Gasteiger partial charge in [0.2, 0.25) is 0 Å². The summed E-state index contributed by atoms with van der Waals surface area (Å²) in [7, 11) is 1.42. The zero-order chi connectivity index (χ0) is 21.0. The van der Waals surface area contributed by atoms with Crippen molar-refractivity contribution < 1.29 is 18.9 Å². The molecule has 148 valence electrons. The quantitative estimate of drug-likeness (QED) is 0.336. The highest BCUT2D eigenvalue weighted by atomic mass is 35.5. The number of halogens is 2. The van der Waals surface area contributed by atoms with Crippen LogP contribution in [-0.2, 0) is 0 Å². The minimum absolute atomic E-state index is 0.157. The highest BCUT2D eigenvalue weighted by Crippen LogP contribution is 2.33. The number of hydrazone groups is 1. The molecule has 8 nitrogen and oxygen atoms in total. The molecule has 0 atom stereocenters. The van der Waals surface area contributed by atoms with Gasteiger partial charge in [-0.15, -0.1) is 0 Å². The number of hydrogen-bond acceptors (Lipinski definition) is 6. The summed E-state index contributed by atoms with van der Waals surface area (Å²) in [5, 5.41) is 15.7. The molecule has 0 aliphatic heterocycles. The van der Waals surface area contributed by atoms with Crippen LogP contribution in [0.5, 0.6) is 5.75 Å². The van der Waals surface area contributed by atoms with E-state index in [-0.39, 0.29) is 27.6 Å². The second kappa shape index (κ2) is 8.76. The molecule has 1 amide bonds. The van der Waals surface area contributed by atoms with Gasteiger partial charge in [0.1, 0.15) is 17.3 Å². The van der Waals surface area contributed by atoms with Crippen molar-refractivity contribution in [1.29, 1.82) is 0 Å². The molecule has 1 aromatic heterocycles. The first-order chi connectivity index (χ1) is 13.9. The van der Waals surface area contributed by atoms with Crippen molar-refractivity contribution in [2.75, 3.05) is 7.11 Å². The number of rotatable bonds is 6. The summed E-state index contributed by atoms with van der Waals surface area (Å²) in [6, 6.07) is 12.0. The van der Waals surface area contributed by atoms with Crippen LogP contribution in [0.25, 0.3) is 11.3 Å². The number of carbonyl (C=O) groups is 1. The summed E-state index contributed by atoms with van der Waals surface area (Å²) in [5.41, 5.74) is 2.74. The van der Waals surface area contributed by atoms with Crippen LogP contribution in [0.1, 0.15) is 16.1 Å². The zero-order valence-electron chi connectivity index (χ0n) is 14.9. The van der Waals surface area contributed by atoms with Gasteiger partial charge in [0.05, 0.1) is 39.9 Å². The van der Waals surface area contributed by atoms with Crippen molar-refractivity contribution in [2.24, 2.45) is 5.10 Å². The normalized spacial score (nSPS) is 10.9. The third kappa shape index (κ3) is 4.74. The lowest BCUT2D eigenvalue weighted by Crippen LogP contribution is -2.17. The molecule has 0 fully saturated rings. The Hall–Kier alpha value is -3.36. The number of benzene rings is 2. The number of hydrogen-bond donors (Lipinski definition) is 1. The minimum atomic E-state index is -0.522. The molecule has 0 spiro atoms. The monoisotopic (exact) mass is 433 g/mol. The molecule has 0 aliphatic carbocycles. The Morgan fingerprint density at radius 2 is 1.97 bits per heavy atom. The van der Waals surface area contributed by atoms with Gasteiger partial charge >= 0.3 is 0 Å². The largest absolute Gasteiger partial charge is 0.497 e. The molecule has 3 aromatic rings. The summed E-state index contributed by atoms with van der Waals surface area (Å²) in [6.45, 7) is 0. The average Bonchev–Trinajstić information content (AvgIpc) is 3.18. The van der Waals surface area contributed by atoms with E-state index in [0.29, 0.717) is 16.5 Å². The van der Waals surface area contributed by atoms with E-state index in [9.17, 15) is 14.9 Å². The smallest absolute Gasteiger partial charge is 0.284 e. The fourth-order valence-electron chi connectivity index (χ4n) is 2.42. The van der Waals surface area contributed by atoms with Gasteiger partial charge in [0.15, 0.2) is 0 Å².